The van der Waals surface area contributed by atoms with E-state index in [1.807, 2.05) is 18.2 Å². The Morgan fingerprint density at radius 2 is 1.59 bits per heavy atom. The van der Waals surface area contributed by atoms with E-state index in [1.54, 1.807) is 7.11 Å². The van der Waals surface area contributed by atoms with Crippen LogP contribution in [0.15, 0.2) is 42.5 Å². The van der Waals surface area contributed by atoms with Crippen molar-refractivity contribution in [1.82, 2.24) is 5.32 Å². The van der Waals surface area contributed by atoms with Crippen molar-refractivity contribution in [3.63, 3.8) is 0 Å². The molecule has 3 rings (SSSR count). The Balaban J connectivity index is 1.38. The van der Waals surface area contributed by atoms with Gasteiger partial charge in [-0.3, -0.25) is 0 Å². The average Bonchev–Trinajstić information content (AvgIpc) is 3.03. The summed E-state index contributed by atoms with van der Waals surface area (Å²) in [6.07, 6.45) is 2.00. The third-order valence-electron chi connectivity index (χ3n) is 3.78. The zero-order chi connectivity index (χ0) is 15.2. The lowest BCUT2D eigenvalue weighted by molar-refractivity contribution is 0.174. The largest absolute Gasteiger partial charge is 0.497 e. The quantitative estimate of drug-likeness (QED) is 0.798. The van der Waals surface area contributed by atoms with Gasteiger partial charge in [-0.15, -0.1) is 0 Å². The molecular weight excluding hydrogens is 278 g/mol. The van der Waals surface area contributed by atoms with Crippen molar-refractivity contribution >= 4 is 0 Å². The zero-order valence-electron chi connectivity index (χ0n) is 12.8. The van der Waals surface area contributed by atoms with E-state index in [0.717, 1.165) is 43.2 Å². The van der Waals surface area contributed by atoms with Gasteiger partial charge in [0.1, 0.15) is 5.75 Å². The second-order valence-corrected chi connectivity index (χ2v) is 5.29. The Labute approximate surface area is 131 Å². The highest BCUT2D eigenvalue weighted by Gasteiger charge is 2.12. The molecule has 22 heavy (non-hydrogen) atoms. The third-order valence-corrected chi connectivity index (χ3v) is 3.78. The molecule has 1 N–H and O–H groups in total. The molecule has 0 atom stereocenters. The maximum Gasteiger partial charge on any atom is 0.231 e. The van der Waals surface area contributed by atoms with Gasteiger partial charge < -0.3 is 19.5 Å². The van der Waals surface area contributed by atoms with Gasteiger partial charge in [0, 0.05) is 0 Å². The van der Waals surface area contributed by atoms with Crippen LogP contribution in [0.25, 0.3) is 0 Å². The van der Waals surface area contributed by atoms with E-state index in [4.69, 9.17) is 14.2 Å². The first-order valence-electron chi connectivity index (χ1n) is 7.57. The molecule has 0 saturated carbocycles. The molecule has 0 radical (unpaired) electrons. The van der Waals surface area contributed by atoms with Crippen molar-refractivity contribution < 1.29 is 14.2 Å². The summed E-state index contributed by atoms with van der Waals surface area (Å²) in [5.74, 6) is 2.60. The number of benzene rings is 2. The predicted octanol–water partition coefficient (Wildman–Crippen LogP) is 2.80. The van der Waals surface area contributed by atoms with Crippen LogP contribution in [0, 0.1) is 0 Å². The smallest absolute Gasteiger partial charge is 0.231 e. The number of fused-ring (bicyclic) bond motifs is 1. The lowest BCUT2D eigenvalue weighted by Crippen LogP contribution is -2.20. The van der Waals surface area contributed by atoms with Gasteiger partial charge in [-0.1, -0.05) is 18.2 Å². The van der Waals surface area contributed by atoms with Crippen LogP contribution in [0.3, 0.4) is 0 Å². The van der Waals surface area contributed by atoms with Crippen LogP contribution >= 0.6 is 0 Å². The maximum absolute atomic E-state index is 5.39. The molecule has 4 heteroatoms. The number of nitrogens with one attached hydrogen (secondary N) is 1. The van der Waals surface area contributed by atoms with Gasteiger partial charge in [-0.2, -0.15) is 0 Å². The first-order valence-corrected chi connectivity index (χ1v) is 7.57. The summed E-state index contributed by atoms with van der Waals surface area (Å²) in [6.45, 7) is 2.26. The topological polar surface area (TPSA) is 39.7 Å². The molecular formula is C18H21NO3. The minimum Gasteiger partial charge on any atom is -0.497 e. The second kappa shape index (κ2) is 7.18. The summed E-state index contributed by atoms with van der Waals surface area (Å²) in [5.41, 5.74) is 2.58. The molecule has 2 aromatic carbocycles. The summed E-state index contributed by atoms with van der Waals surface area (Å²) in [4.78, 5) is 0. The molecule has 0 spiro atoms. The lowest BCUT2D eigenvalue weighted by Gasteiger charge is -2.07. The highest BCUT2D eigenvalue weighted by molar-refractivity contribution is 5.44. The Hall–Kier alpha value is -2.20. The fourth-order valence-electron chi connectivity index (χ4n) is 2.48. The maximum atomic E-state index is 5.39. The minimum absolute atomic E-state index is 0.332. The molecule has 1 aliphatic rings. The van der Waals surface area contributed by atoms with Crippen LogP contribution in [0.4, 0.5) is 0 Å². The van der Waals surface area contributed by atoms with Crippen LogP contribution in [-0.4, -0.2) is 27.0 Å². The van der Waals surface area contributed by atoms with Gasteiger partial charge in [0.05, 0.1) is 7.11 Å². The molecule has 116 valence electrons. The molecule has 2 aromatic rings. The highest BCUT2D eigenvalue weighted by atomic mass is 16.7. The van der Waals surface area contributed by atoms with Crippen LogP contribution in [0.2, 0.25) is 0 Å². The molecule has 4 nitrogen and oxygen atoms in total. The molecule has 0 bridgehead atoms. The van der Waals surface area contributed by atoms with E-state index in [1.165, 1.54) is 11.1 Å². The first kappa shape index (κ1) is 14.7. The summed E-state index contributed by atoms with van der Waals surface area (Å²) in [6, 6.07) is 14.4. The summed E-state index contributed by atoms with van der Waals surface area (Å²) in [5, 5.41) is 3.48. The van der Waals surface area contributed by atoms with E-state index in [0.29, 0.717) is 6.79 Å². The van der Waals surface area contributed by atoms with Gasteiger partial charge >= 0.3 is 0 Å². The van der Waals surface area contributed by atoms with Crippen LogP contribution in [0.5, 0.6) is 17.2 Å². The van der Waals surface area contributed by atoms with E-state index in [-0.39, 0.29) is 0 Å². The van der Waals surface area contributed by atoms with Crippen LogP contribution in [0.1, 0.15) is 11.1 Å². The number of methoxy groups -OCH3 is 1. The summed E-state index contributed by atoms with van der Waals surface area (Å²) < 4.78 is 15.9. The first-order chi connectivity index (χ1) is 10.8. The van der Waals surface area contributed by atoms with Gasteiger partial charge in [-0.05, 0) is 61.3 Å². The number of rotatable bonds is 7. The third kappa shape index (κ3) is 3.71. The van der Waals surface area contributed by atoms with Gasteiger partial charge in [0.25, 0.3) is 0 Å². The molecule has 0 fully saturated rings. The predicted molar refractivity (Wildman–Crippen MR) is 85.8 cm³/mol. The van der Waals surface area contributed by atoms with E-state index in [9.17, 15) is 0 Å². The molecule has 1 aliphatic heterocycles. The Bertz CT molecular complexity index is 610. The fourth-order valence-corrected chi connectivity index (χ4v) is 2.48. The van der Waals surface area contributed by atoms with E-state index in [2.05, 4.69) is 29.6 Å². The molecule has 0 unspecified atom stereocenters. The van der Waals surface area contributed by atoms with E-state index < -0.39 is 0 Å². The molecule has 1 heterocycles. The zero-order valence-corrected chi connectivity index (χ0v) is 12.8. The fraction of sp³-hybridized carbons (Fsp3) is 0.333. The monoisotopic (exact) mass is 299 g/mol. The Kier molecular flexibility index (Phi) is 4.81. The van der Waals surface area contributed by atoms with Gasteiger partial charge in [-0.25, -0.2) is 0 Å². The van der Waals surface area contributed by atoms with Crippen molar-refractivity contribution in [3.05, 3.63) is 53.6 Å². The average molecular weight is 299 g/mol. The minimum atomic E-state index is 0.332. The Morgan fingerprint density at radius 3 is 2.36 bits per heavy atom. The van der Waals surface area contributed by atoms with Crippen molar-refractivity contribution in [2.45, 2.75) is 12.8 Å². The summed E-state index contributed by atoms with van der Waals surface area (Å²) >= 11 is 0. The van der Waals surface area contributed by atoms with Gasteiger partial charge in [0.15, 0.2) is 11.5 Å². The normalized spacial score (nSPS) is 12.4. The Morgan fingerprint density at radius 1 is 0.909 bits per heavy atom. The van der Waals surface area contributed by atoms with Crippen LogP contribution < -0.4 is 19.5 Å². The number of hydrogen-bond acceptors (Lipinski definition) is 4. The number of ether oxygens (including phenoxy) is 3. The van der Waals surface area contributed by atoms with Crippen molar-refractivity contribution in [3.8, 4) is 17.2 Å². The second-order valence-electron chi connectivity index (χ2n) is 5.29. The van der Waals surface area contributed by atoms with E-state index >= 15 is 0 Å². The summed E-state index contributed by atoms with van der Waals surface area (Å²) in [7, 11) is 1.69. The van der Waals surface area contributed by atoms with Crippen molar-refractivity contribution in [2.24, 2.45) is 0 Å². The SMILES string of the molecule is COc1ccc(CCNCCc2ccc3c(c2)OCO3)cc1. The standard InChI is InChI=1S/C18H21NO3/c1-20-16-5-2-14(3-6-16)8-10-19-11-9-15-4-7-17-18(12-15)22-13-21-17/h2-7,12,19H,8-11,13H2,1H3. The molecule has 0 aliphatic carbocycles. The molecule has 0 amide bonds. The molecule has 0 saturated heterocycles. The highest BCUT2D eigenvalue weighted by Crippen LogP contribution is 2.32. The van der Waals surface area contributed by atoms with Crippen molar-refractivity contribution in [1.29, 1.82) is 0 Å². The van der Waals surface area contributed by atoms with Gasteiger partial charge in [0.2, 0.25) is 6.79 Å². The lowest BCUT2D eigenvalue weighted by atomic mass is 10.1. The van der Waals surface area contributed by atoms with Crippen molar-refractivity contribution in [2.75, 3.05) is 27.0 Å². The molecule has 0 aromatic heterocycles. The number of hydrogen-bond donors (Lipinski definition) is 1. The van der Waals surface area contributed by atoms with Crippen LogP contribution in [-0.2, 0) is 12.8 Å².